The Kier molecular flexibility index (Phi) is 1.87. The molecule has 0 atom stereocenters. The summed E-state index contributed by atoms with van der Waals surface area (Å²) in [6, 6.07) is 0. The number of rotatable bonds is 0. The van der Waals surface area contributed by atoms with Crippen LogP contribution in [-0.2, 0) is 0 Å². The summed E-state index contributed by atoms with van der Waals surface area (Å²) in [4.78, 5) is 0. The Labute approximate surface area is 39.9 Å². The molecule has 1 aromatic rings. The van der Waals surface area contributed by atoms with E-state index < -0.39 is 0 Å². The van der Waals surface area contributed by atoms with Crippen molar-refractivity contribution in [3.63, 3.8) is 0 Å². The van der Waals surface area contributed by atoms with Crippen LogP contribution >= 0.6 is 0 Å². The average molecular weight is 103 g/mol. The predicted molar refractivity (Wildman–Crippen MR) is 21.3 cm³/mol. The lowest BCUT2D eigenvalue weighted by Gasteiger charge is -1.77. The van der Waals surface area contributed by atoms with Crippen molar-refractivity contribution in [3.8, 4) is 0 Å². The van der Waals surface area contributed by atoms with E-state index in [1.54, 1.807) is 0 Å². The van der Waals surface area contributed by atoms with Gasteiger partial charge in [-0.25, -0.2) is 0 Å². The van der Waals surface area contributed by atoms with Gasteiger partial charge in [0.1, 0.15) is 0 Å². The second kappa shape index (κ2) is 2.20. The zero-order chi connectivity index (χ0) is 4.41. The van der Waals surface area contributed by atoms with E-state index in [4.69, 9.17) is 0 Å². The number of aromatic nitrogens is 1. The predicted octanol–water partition coefficient (Wildman–Crippen LogP) is -0.912. The van der Waals surface area contributed by atoms with E-state index >= 15 is 0 Å². The normalized spacial score (nSPS) is 7.43. The molecule has 0 aliphatic carbocycles. The van der Waals surface area contributed by atoms with Gasteiger partial charge in [-0.1, -0.05) is 0 Å². The summed E-state index contributed by atoms with van der Waals surface area (Å²) < 4.78 is 4.95. The van der Waals surface area contributed by atoms with Crippen LogP contribution in [0, 0.1) is 5.21 Å². The monoisotopic (exact) mass is 103 g/mol. The molecule has 1 heterocycles. The van der Waals surface area contributed by atoms with Gasteiger partial charge in [-0.3, -0.25) is 0 Å². The lowest BCUT2D eigenvalue weighted by molar-refractivity contribution is -0.608. The van der Waals surface area contributed by atoms with Crippen molar-refractivity contribution in [2.45, 2.75) is 0 Å². The minimum Gasteiger partial charge on any atom is -0.616 e. The van der Waals surface area contributed by atoms with E-state index in [0.717, 1.165) is 6.39 Å². The van der Waals surface area contributed by atoms with Crippen molar-refractivity contribution in [2.75, 3.05) is 0 Å². The summed E-state index contributed by atoms with van der Waals surface area (Å²) in [7, 11) is 0. The Balaban J connectivity index is 0.000000360. The third-order valence-corrected chi connectivity index (χ3v) is 0.451. The minimum atomic E-state index is 0. The van der Waals surface area contributed by atoms with E-state index in [-0.39, 0.29) is 5.48 Å². The lowest BCUT2D eigenvalue weighted by atomic mass is 11.0. The molecule has 40 valence electrons. The first-order valence-electron chi connectivity index (χ1n) is 1.50. The van der Waals surface area contributed by atoms with Crippen LogP contribution in [0.25, 0.3) is 0 Å². The molecule has 4 nitrogen and oxygen atoms in total. The van der Waals surface area contributed by atoms with Crippen LogP contribution in [0.1, 0.15) is 0 Å². The van der Waals surface area contributed by atoms with Gasteiger partial charge >= 0.3 is 6.39 Å². The van der Waals surface area contributed by atoms with Crippen LogP contribution in [0.4, 0.5) is 0 Å². The zero-order valence-electron chi connectivity index (χ0n) is 3.50. The average Bonchev–Trinajstić information content (AvgIpc) is 1.86. The van der Waals surface area contributed by atoms with Gasteiger partial charge in [0.2, 0.25) is 6.20 Å². The van der Waals surface area contributed by atoms with Crippen LogP contribution in [0.2, 0.25) is 0 Å². The maximum Gasteiger partial charge on any atom is 0.346 e. The third kappa shape index (κ3) is 1.23. The molecule has 0 amide bonds. The lowest BCUT2D eigenvalue weighted by Crippen LogP contribution is -2.19. The number of hydrogen-bond acceptors (Lipinski definition) is 2. The molecule has 1 rings (SSSR count). The van der Waals surface area contributed by atoms with Gasteiger partial charge in [-0.05, 0) is 0 Å². The first-order valence-corrected chi connectivity index (χ1v) is 1.50. The van der Waals surface area contributed by atoms with Gasteiger partial charge in [-0.2, -0.15) is 0 Å². The maximum atomic E-state index is 9.89. The summed E-state index contributed by atoms with van der Waals surface area (Å²) in [5.74, 6) is 0. The topological polar surface area (TPSA) is 71.6 Å². The van der Waals surface area contributed by atoms with Crippen molar-refractivity contribution >= 4 is 0 Å². The largest absolute Gasteiger partial charge is 0.616 e. The fraction of sp³-hybridized carbons (Fsp3) is 0. The molecule has 0 saturated heterocycles. The third-order valence-electron chi connectivity index (χ3n) is 0.451. The number of oxazole rings is 1. The van der Waals surface area contributed by atoms with E-state index in [9.17, 15) is 5.21 Å². The molecule has 4 heteroatoms. The molecule has 0 unspecified atom stereocenters. The highest BCUT2D eigenvalue weighted by molar-refractivity contribution is 4.46. The Morgan fingerprint density at radius 3 is 2.43 bits per heavy atom. The maximum absolute atomic E-state index is 9.89. The van der Waals surface area contributed by atoms with Crippen molar-refractivity contribution in [1.29, 1.82) is 0 Å². The van der Waals surface area contributed by atoms with Crippen LogP contribution in [0.3, 0.4) is 0 Å². The van der Waals surface area contributed by atoms with Crippen molar-refractivity contribution in [1.82, 2.24) is 0 Å². The SMILES string of the molecule is O.[O-][n+]1ccoc1. The van der Waals surface area contributed by atoms with Crippen LogP contribution in [0.5, 0.6) is 0 Å². The van der Waals surface area contributed by atoms with E-state index in [0.29, 0.717) is 4.73 Å². The first kappa shape index (κ1) is 5.97. The van der Waals surface area contributed by atoms with Crippen LogP contribution in [-0.4, -0.2) is 5.48 Å². The van der Waals surface area contributed by atoms with Crippen molar-refractivity contribution in [2.24, 2.45) is 0 Å². The quantitative estimate of drug-likeness (QED) is 0.315. The molecule has 0 aliphatic heterocycles. The van der Waals surface area contributed by atoms with Crippen LogP contribution < -0.4 is 4.73 Å². The molecular weight excluding hydrogens is 98.0 g/mol. The van der Waals surface area contributed by atoms with Gasteiger partial charge in [0.25, 0.3) is 0 Å². The van der Waals surface area contributed by atoms with E-state index in [1.807, 2.05) is 0 Å². The summed E-state index contributed by atoms with van der Waals surface area (Å²) in [6.07, 6.45) is 3.66. The summed E-state index contributed by atoms with van der Waals surface area (Å²) >= 11 is 0. The molecule has 0 saturated carbocycles. The standard InChI is InChI=1S/C3H3NO2.H2O/c5-4-1-2-6-3-4;/h1-3H;1H2. The molecule has 0 bridgehead atoms. The molecule has 0 radical (unpaired) electrons. The summed E-state index contributed by atoms with van der Waals surface area (Å²) in [5, 5.41) is 9.89. The Bertz CT molecular complexity index is 114. The minimum absolute atomic E-state index is 0. The zero-order valence-corrected chi connectivity index (χ0v) is 3.50. The van der Waals surface area contributed by atoms with Gasteiger partial charge < -0.3 is 15.1 Å². The van der Waals surface area contributed by atoms with Gasteiger partial charge in [0.05, 0.1) is 0 Å². The number of hydrogen-bond donors (Lipinski definition) is 0. The highest BCUT2D eigenvalue weighted by Crippen LogP contribution is 1.69. The Morgan fingerprint density at radius 1 is 1.57 bits per heavy atom. The molecule has 2 N–H and O–H groups in total. The Morgan fingerprint density at radius 2 is 2.29 bits per heavy atom. The molecular formula is C3H5NO3. The summed E-state index contributed by atoms with van der Waals surface area (Å²) in [6.45, 7) is 0. The second-order valence-corrected chi connectivity index (χ2v) is 0.887. The smallest absolute Gasteiger partial charge is 0.346 e. The molecule has 0 aliphatic rings. The molecule has 0 aromatic carbocycles. The van der Waals surface area contributed by atoms with Crippen molar-refractivity contribution < 1.29 is 14.6 Å². The van der Waals surface area contributed by atoms with Gasteiger partial charge in [0, 0.05) is 0 Å². The van der Waals surface area contributed by atoms with E-state index in [1.165, 1.54) is 12.5 Å². The second-order valence-electron chi connectivity index (χ2n) is 0.887. The van der Waals surface area contributed by atoms with Crippen molar-refractivity contribution in [3.05, 3.63) is 24.1 Å². The van der Waals surface area contributed by atoms with E-state index in [2.05, 4.69) is 4.42 Å². The van der Waals surface area contributed by atoms with Gasteiger partial charge in [0.15, 0.2) is 6.26 Å². The van der Waals surface area contributed by atoms with Gasteiger partial charge in [-0.15, -0.1) is 4.73 Å². The fourth-order valence-electron chi connectivity index (χ4n) is 0.225. The molecule has 7 heavy (non-hydrogen) atoms. The highest BCUT2D eigenvalue weighted by atomic mass is 16.5. The fourth-order valence-corrected chi connectivity index (χ4v) is 0.225. The van der Waals surface area contributed by atoms with Crippen LogP contribution in [0.15, 0.2) is 23.3 Å². The molecule has 0 spiro atoms. The molecule has 1 aromatic heterocycles. The molecule has 0 fully saturated rings. The highest BCUT2D eigenvalue weighted by Gasteiger charge is 1.79. The summed E-state index contributed by atoms with van der Waals surface area (Å²) in [5.41, 5.74) is 0. The first-order chi connectivity index (χ1) is 2.89. The Hall–Kier alpha value is -1.03. The number of nitrogens with zero attached hydrogens (tertiary/aromatic N) is 1.